The number of rotatable bonds is 14. The van der Waals surface area contributed by atoms with E-state index < -0.39 is 40.9 Å². The molecule has 250 valence electrons. The second-order valence-corrected chi connectivity index (χ2v) is 12.8. The average molecular weight is 649 g/mol. The second-order valence-electron chi connectivity index (χ2n) is 12.8. The molecule has 0 aromatic heterocycles. The molecular formula is C36H42F2N4O5. The Labute approximate surface area is 273 Å². The number of aliphatic hydroxyl groups excluding tert-OH is 1. The molecule has 47 heavy (non-hydrogen) atoms. The summed E-state index contributed by atoms with van der Waals surface area (Å²) in [5.41, 5.74) is 0.451. The van der Waals surface area contributed by atoms with Crippen molar-refractivity contribution in [3.8, 4) is 0 Å². The van der Waals surface area contributed by atoms with E-state index in [1.165, 1.54) is 22.9 Å². The molecule has 1 unspecified atom stereocenters. The van der Waals surface area contributed by atoms with Gasteiger partial charge in [-0.25, -0.2) is 8.78 Å². The van der Waals surface area contributed by atoms with E-state index in [1.54, 1.807) is 20.0 Å². The van der Waals surface area contributed by atoms with Crippen LogP contribution in [0.5, 0.6) is 0 Å². The van der Waals surface area contributed by atoms with Crippen LogP contribution in [-0.4, -0.2) is 91.2 Å². The van der Waals surface area contributed by atoms with E-state index in [4.69, 9.17) is 4.74 Å². The molecule has 3 aromatic carbocycles. The average Bonchev–Trinajstić information content (AvgIpc) is 3.38. The van der Waals surface area contributed by atoms with Crippen LogP contribution in [0.4, 0.5) is 8.78 Å². The summed E-state index contributed by atoms with van der Waals surface area (Å²) in [6, 6.07) is 15.0. The zero-order valence-corrected chi connectivity index (χ0v) is 27.0. The normalized spacial score (nSPS) is 19.9. The van der Waals surface area contributed by atoms with Crippen molar-refractivity contribution in [2.75, 3.05) is 40.4 Å². The van der Waals surface area contributed by atoms with Gasteiger partial charge in [-0.2, -0.15) is 0 Å². The number of hydrogen-bond acceptors (Lipinski definition) is 6. The number of fused-ring (bicyclic) bond motifs is 1. The predicted octanol–water partition coefficient (Wildman–Crippen LogP) is 3.90. The highest BCUT2D eigenvalue weighted by atomic mass is 19.2. The first-order chi connectivity index (χ1) is 22.4. The minimum atomic E-state index is -1.14. The summed E-state index contributed by atoms with van der Waals surface area (Å²) in [6.07, 6.45) is 3.67. The number of nitrogens with one attached hydrogen (secondary N) is 2. The molecule has 3 aromatic rings. The van der Waals surface area contributed by atoms with E-state index in [-0.39, 0.29) is 43.7 Å². The Morgan fingerprint density at radius 2 is 1.66 bits per heavy atom. The van der Waals surface area contributed by atoms with E-state index in [1.807, 2.05) is 42.5 Å². The number of hydrogen-bond donors (Lipinski definition) is 3. The zero-order chi connectivity index (χ0) is 33.7. The maximum Gasteiger partial charge on any atom is 0.249 e. The third kappa shape index (κ3) is 8.33. The lowest BCUT2D eigenvalue weighted by molar-refractivity contribution is -0.149. The number of ether oxygens (including phenoxy) is 1. The molecule has 1 aliphatic heterocycles. The molecule has 0 radical (unpaired) electrons. The SMILES string of the molecule is CN(C(=O)COC[C@@H]1CCCN1)[C@H](Cc1ccc2ccccc2c1)C(=O)N(C)[C@H](Cc1ccc(F)c(F)c1)C(=O)NCC1(C)C=C1O. The van der Waals surface area contributed by atoms with Gasteiger partial charge in [-0.05, 0) is 66.4 Å². The molecule has 0 spiro atoms. The summed E-state index contributed by atoms with van der Waals surface area (Å²) in [5, 5.41) is 18.0. The van der Waals surface area contributed by atoms with Gasteiger partial charge < -0.3 is 30.3 Å². The van der Waals surface area contributed by atoms with Crippen molar-refractivity contribution in [2.24, 2.45) is 5.41 Å². The minimum Gasteiger partial charge on any atom is -0.512 e. The minimum absolute atomic E-state index is 0.0973. The molecule has 4 atom stereocenters. The van der Waals surface area contributed by atoms with Crippen molar-refractivity contribution >= 4 is 28.5 Å². The zero-order valence-electron chi connectivity index (χ0n) is 27.0. The van der Waals surface area contributed by atoms with E-state index in [0.29, 0.717) is 12.2 Å². The standard InChI is InChI=1S/C36H42F2N4O5/c1-36(19-32(36)43)22-40-34(45)30(17-24-11-13-28(37)29(38)16-24)42(3)35(46)31(18-23-10-12-25-7-4-5-8-26(25)15-23)41(2)33(44)21-47-20-27-9-6-14-39-27/h4-5,7-8,10-13,15-16,19,27,30-31,39,43H,6,9,14,17-18,20-22H2,1-3H3,(H,40,45)/t27-,30+,31+,36?/m0/s1. The van der Waals surface area contributed by atoms with Crippen LogP contribution < -0.4 is 10.6 Å². The lowest BCUT2D eigenvalue weighted by Gasteiger charge is -2.35. The number of carbonyl (C=O) groups is 3. The Kier molecular flexibility index (Phi) is 10.6. The van der Waals surface area contributed by atoms with E-state index >= 15 is 0 Å². The monoisotopic (exact) mass is 648 g/mol. The van der Waals surface area contributed by atoms with Gasteiger partial charge >= 0.3 is 0 Å². The summed E-state index contributed by atoms with van der Waals surface area (Å²) in [7, 11) is 3.01. The molecule has 11 heteroatoms. The van der Waals surface area contributed by atoms with Gasteiger partial charge in [0.05, 0.1) is 12.0 Å². The molecule has 3 amide bonds. The Hall–Kier alpha value is -4.35. The Balaban J connectivity index is 1.39. The molecule has 3 N–H and O–H groups in total. The number of likely N-dealkylation sites (N-methyl/N-ethyl adjacent to an activating group) is 2. The highest BCUT2D eigenvalue weighted by Crippen LogP contribution is 2.40. The first-order valence-corrected chi connectivity index (χ1v) is 15.9. The van der Waals surface area contributed by atoms with Crippen LogP contribution in [-0.2, 0) is 32.0 Å². The predicted molar refractivity (Wildman–Crippen MR) is 175 cm³/mol. The third-order valence-corrected chi connectivity index (χ3v) is 9.21. The summed E-state index contributed by atoms with van der Waals surface area (Å²) in [6.45, 7) is 2.93. The molecule has 0 bridgehead atoms. The summed E-state index contributed by atoms with van der Waals surface area (Å²) in [4.78, 5) is 44.1. The van der Waals surface area contributed by atoms with Crippen molar-refractivity contribution in [1.82, 2.24) is 20.4 Å². The van der Waals surface area contributed by atoms with Crippen LogP contribution in [0.2, 0.25) is 0 Å². The maximum absolute atomic E-state index is 14.4. The van der Waals surface area contributed by atoms with Crippen LogP contribution >= 0.6 is 0 Å². The molecule has 2 aliphatic rings. The van der Waals surface area contributed by atoms with Crippen LogP contribution in [0.15, 0.2) is 72.5 Å². The van der Waals surface area contributed by atoms with Crippen LogP contribution in [0.3, 0.4) is 0 Å². The Bertz CT molecular complexity index is 1660. The Morgan fingerprint density at radius 3 is 2.34 bits per heavy atom. The van der Waals surface area contributed by atoms with E-state index in [0.717, 1.165) is 47.9 Å². The molecule has 0 saturated carbocycles. The first-order valence-electron chi connectivity index (χ1n) is 15.9. The van der Waals surface area contributed by atoms with Crippen LogP contribution in [0, 0.1) is 17.0 Å². The lowest BCUT2D eigenvalue weighted by atomic mass is 9.98. The fourth-order valence-electron chi connectivity index (χ4n) is 5.92. The van der Waals surface area contributed by atoms with Crippen molar-refractivity contribution in [1.29, 1.82) is 0 Å². The Morgan fingerprint density at radius 1 is 0.979 bits per heavy atom. The third-order valence-electron chi connectivity index (χ3n) is 9.21. The quantitative estimate of drug-likeness (QED) is 0.245. The van der Waals surface area contributed by atoms with Gasteiger partial charge in [0.15, 0.2) is 11.6 Å². The van der Waals surface area contributed by atoms with Crippen molar-refractivity contribution in [3.63, 3.8) is 0 Å². The largest absolute Gasteiger partial charge is 0.512 e. The van der Waals surface area contributed by atoms with Gasteiger partial charge in [-0.3, -0.25) is 14.4 Å². The molecule has 1 aliphatic carbocycles. The molecule has 1 saturated heterocycles. The molecule has 1 heterocycles. The summed E-state index contributed by atoms with van der Waals surface area (Å²) >= 11 is 0. The number of amides is 3. The number of halogens is 2. The van der Waals surface area contributed by atoms with Gasteiger partial charge in [0, 0.05) is 39.5 Å². The van der Waals surface area contributed by atoms with Crippen molar-refractivity contribution in [3.05, 3.63) is 95.3 Å². The smallest absolute Gasteiger partial charge is 0.249 e. The first kappa shape index (κ1) is 34.0. The highest BCUT2D eigenvalue weighted by Gasteiger charge is 2.41. The van der Waals surface area contributed by atoms with E-state index in [2.05, 4.69) is 10.6 Å². The van der Waals surface area contributed by atoms with Crippen LogP contribution in [0.1, 0.15) is 30.9 Å². The number of aliphatic hydroxyl groups is 1. The van der Waals surface area contributed by atoms with Gasteiger partial charge in [-0.1, -0.05) is 48.5 Å². The van der Waals surface area contributed by atoms with Gasteiger partial charge in [0.25, 0.3) is 0 Å². The fourth-order valence-corrected chi connectivity index (χ4v) is 5.92. The number of nitrogens with zero attached hydrogens (tertiary/aromatic N) is 2. The highest BCUT2D eigenvalue weighted by molar-refractivity contribution is 5.93. The maximum atomic E-state index is 14.4. The second kappa shape index (κ2) is 14.6. The van der Waals surface area contributed by atoms with Crippen LogP contribution in [0.25, 0.3) is 10.8 Å². The number of carbonyl (C=O) groups excluding carboxylic acids is 3. The topological polar surface area (TPSA) is 111 Å². The molecule has 9 nitrogen and oxygen atoms in total. The molecule has 1 fully saturated rings. The number of benzene rings is 3. The van der Waals surface area contributed by atoms with Crippen molar-refractivity contribution < 1.29 is 33.0 Å². The summed E-state index contributed by atoms with van der Waals surface area (Å²) in [5.74, 6) is -3.37. The van der Waals surface area contributed by atoms with Gasteiger partial charge in [-0.15, -0.1) is 0 Å². The lowest BCUT2D eigenvalue weighted by Crippen LogP contribution is -2.56. The van der Waals surface area contributed by atoms with Gasteiger partial charge in [0.2, 0.25) is 17.7 Å². The van der Waals surface area contributed by atoms with Gasteiger partial charge in [0.1, 0.15) is 24.4 Å². The molecule has 5 rings (SSSR count). The summed E-state index contributed by atoms with van der Waals surface area (Å²) < 4.78 is 33.6. The fraction of sp³-hybridized carbons (Fsp3) is 0.417. The molecular weight excluding hydrogens is 606 g/mol. The van der Waals surface area contributed by atoms with E-state index in [9.17, 15) is 28.3 Å². The van der Waals surface area contributed by atoms with Crippen molar-refractivity contribution in [2.45, 2.75) is 50.7 Å².